The molecule has 1 heterocycles. The fraction of sp³-hybridized carbons (Fsp3) is 0.500. The van der Waals surface area contributed by atoms with Crippen molar-refractivity contribution in [1.29, 1.82) is 0 Å². The number of hydrogen-bond donors (Lipinski definition) is 2. The normalized spacial score (nSPS) is 19.7. The third-order valence-corrected chi connectivity index (χ3v) is 2.77. The lowest BCUT2D eigenvalue weighted by Crippen LogP contribution is -2.24. The summed E-state index contributed by atoms with van der Waals surface area (Å²) in [6.45, 7) is 1.79. The third kappa shape index (κ3) is 1.77. The molecule has 1 atom stereocenters. The Morgan fingerprint density at radius 2 is 2.27 bits per heavy atom. The Bertz CT molecular complexity index is 417. The van der Waals surface area contributed by atoms with Gasteiger partial charge in [0.1, 0.15) is 11.6 Å². The molecule has 80 valence electrons. The quantitative estimate of drug-likeness (QED) is 0.702. The van der Waals surface area contributed by atoms with Crippen LogP contribution in [-0.4, -0.2) is 21.0 Å². The van der Waals surface area contributed by atoms with Crippen molar-refractivity contribution in [2.75, 3.05) is 5.73 Å². The predicted molar refractivity (Wildman–Crippen MR) is 54.3 cm³/mol. The molecule has 0 amide bonds. The predicted octanol–water partition coefficient (Wildman–Crippen LogP) is 0.557. The van der Waals surface area contributed by atoms with E-state index < -0.39 is 5.97 Å². The van der Waals surface area contributed by atoms with Crippen molar-refractivity contribution in [2.45, 2.75) is 26.2 Å². The smallest absolute Gasteiger partial charge is 0.306 e. The topological polar surface area (TPSA) is 89.1 Å². The minimum atomic E-state index is -0.763. The highest BCUT2D eigenvalue weighted by atomic mass is 16.4. The van der Waals surface area contributed by atoms with E-state index in [1.165, 1.54) is 0 Å². The molecule has 2 rings (SSSR count). The molecule has 5 nitrogen and oxygen atoms in total. The summed E-state index contributed by atoms with van der Waals surface area (Å²) in [5, 5.41) is 8.93. The number of carboxylic acid groups (broad SMARTS) is 1. The first-order valence-corrected chi connectivity index (χ1v) is 4.92. The molecule has 0 spiro atoms. The van der Waals surface area contributed by atoms with Crippen LogP contribution in [0.3, 0.4) is 0 Å². The molecular formula is C10H13N3O2. The number of aromatic nitrogens is 2. The molecule has 0 fully saturated rings. The molecule has 15 heavy (non-hydrogen) atoms. The van der Waals surface area contributed by atoms with E-state index in [2.05, 4.69) is 9.97 Å². The van der Waals surface area contributed by atoms with Crippen molar-refractivity contribution < 1.29 is 9.90 Å². The second-order valence-corrected chi connectivity index (χ2v) is 3.86. The van der Waals surface area contributed by atoms with E-state index in [1.807, 2.05) is 0 Å². The standard InChI is InChI=1S/C10H13N3O2/c1-5-12-8-3-2-6(10(14)15)4-7(8)9(11)13-5/h6H,2-4H2,1H3,(H,14,15)(H2,11,12,13). The number of rotatable bonds is 1. The van der Waals surface area contributed by atoms with Gasteiger partial charge >= 0.3 is 5.97 Å². The highest BCUT2D eigenvalue weighted by Crippen LogP contribution is 2.27. The van der Waals surface area contributed by atoms with E-state index >= 15 is 0 Å². The second kappa shape index (κ2) is 3.49. The third-order valence-electron chi connectivity index (χ3n) is 2.77. The molecule has 1 aromatic rings. The molecule has 3 N–H and O–H groups in total. The van der Waals surface area contributed by atoms with Crippen LogP contribution in [0.4, 0.5) is 5.82 Å². The maximum absolute atomic E-state index is 10.9. The molecule has 0 aliphatic heterocycles. The van der Waals surface area contributed by atoms with Gasteiger partial charge in [0.2, 0.25) is 0 Å². The van der Waals surface area contributed by atoms with Crippen LogP contribution in [0.5, 0.6) is 0 Å². The van der Waals surface area contributed by atoms with E-state index in [0.29, 0.717) is 30.9 Å². The van der Waals surface area contributed by atoms with Gasteiger partial charge in [-0.05, 0) is 26.2 Å². The van der Waals surface area contributed by atoms with Crippen LogP contribution in [0.1, 0.15) is 23.5 Å². The Morgan fingerprint density at radius 1 is 1.53 bits per heavy atom. The Morgan fingerprint density at radius 3 is 2.93 bits per heavy atom. The number of carboxylic acids is 1. The highest BCUT2D eigenvalue weighted by molar-refractivity contribution is 5.71. The number of nitrogens with two attached hydrogens (primary N) is 1. The van der Waals surface area contributed by atoms with E-state index in [0.717, 1.165) is 11.3 Å². The van der Waals surface area contributed by atoms with E-state index in [-0.39, 0.29) is 5.92 Å². The molecule has 0 saturated carbocycles. The van der Waals surface area contributed by atoms with Crippen molar-refractivity contribution in [2.24, 2.45) is 5.92 Å². The number of carbonyl (C=O) groups is 1. The molecule has 0 bridgehead atoms. The van der Waals surface area contributed by atoms with E-state index in [9.17, 15) is 4.79 Å². The van der Waals surface area contributed by atoms with Gasteiger partial charge in [0, 0.05) is 11.3 Å². The molecule has 1 unspecified atom stereocenters. The van der Waals surface area contributed by atoms with Gasteiger partial charge in [0.05, 0.1) is 5.92 Å². The Hall–Kier alpha value is -1.65. The minimum absolute atomic E-state index is 0.342. The molecule has 0 aromatic carbocycles. The zero-order valence-electron chi connectivity index (χ0n) is 8.53. The first kappa shape index (κ1) is 9.89. The van der Waals surface area contributed by atoms with Gasteiger partial charge in [-0.3, -0.25) is 4.79 Å². The molecule has 1 aliphatic rings. The molecule has 0 radical (unpaired) electrons. The summed E-state index contributed by atoms with van der Waals surface area (Å²) >= 11 is 0. The van der Waals surface area contributed by atoms with Crippen molar-refractivity contribution in [3.63, 3.8) is 0 Å². The number of aryl methyl sites for hydroxylation is 2. The minimum Gasteiger partial charge on any atom is -0.481 e. The van der Waals surface area contributed by atoms with Crippen molar-refractivity contribution in [1.82, 2.24) is 9.97 Å². The van der Waals surface area contributed by atoms with Crippen LogP contribution in [0.25, 0.3) is 0 Å². The molecule has 5 heteroatoms. The van der Waals surface area contributed by atoms with Crippen LogP contribution < -0.4 is 5.73 Å². The first-order valence-electron chi connectivity index (χ1n) is 4.92. The number of hydrogen-bond acceptors (Lipinski definition) is 4. The van der Waals surface area contributed by atoms with Crippen molar-refractivity contribution in [3.05, 3.63) is 17.1 Å². The monoisotopic (exact) mass is 207 g/mol. The van der Waals surface area contributed by atoms with Gasteiger partial charge in [-0.25, -0.2) is 9.97 Å². The summed E-state index contributed by atoms with van der Waals surface area (Å²) in [5.41, 5.74) is 7.49. The summed E-state index contributed by atoms with van der Waals surface area (Å²) in [4.78, 5) is 19.2. The van der Waals surface area contributed by atoms with E-state index in [4.69, 9.17) is 10.8 Å². The summed E-state index contributed by atoms with van der Waals surface area (Å²) in [6, 6.07) is 0. The Labute approximate surface area is 87.4 Å². The summed E-state index contributed by atoms with van der Waals surface area (Å²) in [7, 11) is 0. The van der Waals surface area contributed by atoms with E-state index in [1.54, 1.807) is 6.92 Å². The van der Waals surface area contributed by atoms with Crippen LogP contribution in [0, 0.1) is 12.8 Å². The van der Waals surface area contributed by atoms with Crippen molar-refractivity contribution >= 4 is 11.8 Å². The molecule has 1 aliphatic carbocycles. The summed E-state index contributed by atoms with van der Waals surface area (Å²) < 4.78 is 0. The van der Waals surface area contributed by atoms with Gasteiger partial charge in [-0.15, -0.1) is 0 Å². The SMILES string of the molecule is Cc1nc(N)c2c(n1)CCC(C(=O)O)C2. The Kier molecular flexibility index (Phi) is 2.30. The lowest BCUT2D eigenvalue weighted by atomic mass is 9.87. The van der Waals surface area contributed by atoms with Gasteiger partial charge in [-0.2, -0.15) is 0 Å². The van der Waals surface area contributed by atoms with Crippen LogP contribution in [-0.2, 0) is 17.6 Å². The Balaban J connectivity index is 2.37. The fourth-order valence-corrected chi connectivity index (χ4v) is 1.98. The van der Waals surface area contributed by atoms with Gasteiger partial charge in [0.15, 0.2) is 0 Å². The van der Waals surface area contributed by atoms with Crippen molar-refractivity contribution in [3.8, 4) is 0 Å². The fourth-order valence-electron chi connectivity index (χ4n) is 1.98. The van der Waals surface area contributed by atoms with Gasteiger partial charge in [-0.1, -0.05) is 0 Å². The first-order chi connectivity index (χ1) is 7.08. The summed E-state index contributed by atoms with van der Waals surface area (Å²) in [6.07, 6.45) is 1.77. The maximum Gasteiger partial charge on any atom is 0.306 e. The van der Waals surface area contributed by atoms with Crippen LogP contribution >= 0.6 is 0 Å². The molecular weight excluding hydrogens is 194 g/mol. The lowest BCUT2D eigenvalue weighted by molar-refractivity contribution is -0.142. The largest absolute Gasteiger partial charge is 0.481 e. The highest BCUT2D eigenvalue weighted by Gasteiger charge is 2.27. The van der Waals surface area contributed by atoms with Gasteiger partial charge in [0.25, 0.3) is 0 Å². The zero-order chi connectivity index (χ0) is 11.0. The number of nitrogen functional groups attached to an aromatic ring is 1. The average Bonchev–Trinajstić information content (AvgIpc) is 2.16. The van der Waals surface area contributed by atoms with Crippen LogP contribution in [0.2, 0.25) is 0 Å². The lowest BCUT2D eigenvalue weighted by Gasteiger charge is -2.21. The molecule has 1 aromatic heterocycles. The zero-order valence-corrected chi connectivity index (χ0v) is 8.53. The van der Waals surface area contributed by atoms with Crippen LogP contribution in [0.15, 0.2) is 0 Å². The molecule has 0 saturated heterocycles. The average molecular weight is 207 g/mol. The number of fused-ring (bicyclic) bond motifs is 1. The number of aliphatic carboxylic acids is 1. The van der Waals surface area contributed by atoms with Gasteiger partial charge < -0.3 is 10.8 Å². The maximum atomic E-state index is 10.9. The summed E-state index contributed by atoms with van der Waals surface area (Å²) in [5.74, 6) is -0.0183. The second-order valence-electron chi connectivity index (χ2n) is 3.86. The number of anilines is 1. The number of nitrogens with zero attached hydrogens (tertiary/aromatic N) is 2.